The Kier molecular flexibility index (Phi) is 5.67. The number of aliphatic carboxylic acids is 1. The van der Waals surface area contributed by atoms with Crippen LogP contribution in [0.4, 0.5) is 0 Å². The van der Waals surface area contributed by atoms with Crippen molar-refractivity contribution < 1.29 is 24.4 Å². The molecule has 7 heteroatoms. The van der Waals surface area contributed by atoms with E-state index in [1.807, 2.05) is 0 Å². The van der Waals surface area contributed by atoms with Crippen LogP contribution in [0.25, 0.3) is 0 Å². The van der Waals surface area contributed by atoms with Crippen LogP contribution in [0, 0.1) is 0 Å². The van der Waals surface area contributed by atoms with Gasteiger partial charge < -0.3 is 15.9 Å². The highest BCUT2D eigenvalue weighted by Gasteiger charge is 2.28. The van der Waals surface area contributed by atoms with Gasteiger partial charge in [0.25, 0.3) is 0 Å². The van der Waals surface area contributed by atoms with Gasteiger partial charge in [0.2, 0.25) is 12.3 Å². The van der Waals surface area contributed by atoms with Gasteiger partial charge in [-0.2, -0.15) is 0 Å². The van der Waals surface area contributed by atoms with E-state index in [4.69, 9.17) is 15.9 Å². The van der Waals surface area contributed by atoms with Crippen molar-refractivity contribution in [2.45, 2.75) is 12.1 Å². The Morgan fingerprint density at radius 3 is 2.43 bits per heavy atom. The molecule has 0 radical (unpaired) electrons. The van der Waals surface area contributed by atoms with Crippen molar-refractivity contribution in [2.75, 3.05) is 6.35 Å². The van der Waals surface area contributed by atoms with E-state index in [2.05, 4.69) is 0 Å². The second-order valence-electron chi connectivity index (χ2n) is 2.49. The molecule has 0 fully saturated rings. The number of carboxylic acids is 1. The van der Waals surface area contributed by atoms with E-state index in [-0.39, 0.29) is 6.42 Å². The van der Waals surface area contributed by atoms with E-state index in [0.29, 0.717) is 0 Å². The highest BCUT2D eigenvalue weighted by atomic mass is 31.1. The molecule has 0 aliphatic heterocycles. The summed E-state index contributed by atoms with van der Waals surface area (Å²) in [6.45, 7) is 0. The summed E-state index contributed by atoms with van der Waals surface area (Å²) in [5, 5.41) is 16.9. The van der Waals surface area contributed by atoms with Gasteiger partial charge in [-0.1, -0.05) is 4.57 Å². The normalized spacial score (nSPS) is 13.9. The van der Waals surface area contributed by atoms with Crippen LogP contribution in [0.15, 0.2) is 12.2 Å². The zero-order valence-electron chi connectivity index (χ0n) is 7.29. The number of primary amides is 1. The quantitative estimate of drug-likeness (QED) is 0.417. The molecule has 6 nitrogen and oxygen atoms in total. The van der Waals surface area contributed by atoms with E-state index in [1.54, 1.807) is 0 Å². The lowest BCUT2D eigenvalue weighted by Crippen LogP contribution is -2.17. The number of aliphatic hydroxyl groups excluding tert-OH is 1. The average molecular weight is 220 g/mol. The first kappa shape index (κ1) is 12.7. The number of hydrogen-bond acceptors (Lipinski definition) is 4. The fourth-order valence-electron chi connectivity index (χ4n) is 0.770. The van der Waals surface area contributed by atoms with Crippen LogP contribution in [-0.2, 0) is 14.2 Å². The zero-order chi connectivity index (χ0) is 11.1. The van der Waals surface area contributed by atoms with Crippen LogP contribution in [0.1, 0.15) is 6.42 Å². The van der Waals surface area contributed by atoms with Gasteiger partial charge in [-0.25, -0.2) is 4.79 Å². The minimum Gasteiger partial charge on any atom is -0.478 e. The Morgan fingerprint density at radius 2 is 2.07 bits per heavy atom. The summed E-state index contributed by atoms with van der Waals surface area (Å²) >= 11 is 0. The number of allylic oxidation sites excluding steroid dienone is 1. The molecule has 0 aromatic carbocycles. The van der Waals surface area contributed by atoms with Gasteiger partial charge in [0.05, 0.1) is 6.42 Å². The summed E-state index contributed by atoms with van der Waals surface area (Å²) in [5.41, 5.74) is 4.05. The Balaban J connectivity index is 4.47. The first-order chi connectivity index (χ1) is 6.47. The molecule has 2 atom stereocenters. The molecular weight excluding hydrogens is 209 g/mol. The molecule has 0 spiro atoms. The third kappa shape index (κ3) is 5.40. The van der Waals surface area contributed by atoms with Crippen molar-refractivity contribution in [3.63, 3.8) is 0 Å². The van der Waals surface area contributed by atoms with Crippen LogP contribution in [-0.4, -0.2) is 34.1 Å². The Labute approximate surface area is 81.2 Å². The van der Waals surface area contributed by atoms with Crippen molar-refractivity contribution in [2.24, 2.45) is 5.73 Å². The van der Waals surface area contributed by atoms with Gasteiger partial charge in [-0.15, -0.1) is 0 Å². The van der Waals surface area contributed by atoms with Gasteiger partial charge in [0.15, 0.2) is 5.66 Å². The smallest absolute Gasteiger partial charge is 0.374 e. The van der Waals surface area contributed by atoms with Crippen LogP contribution in [0.5, 0.6) is 0 Å². The topological polar surface area (TPSA) is 118 Å². The fourth-order valence-corrected chi connectivity index (χ4v) is 1.64. The summed E-state index contributed by atoms with van der Waals surface area (Å²) in [4.78, 5) is 20.6. The van der Waals surface area contributed by atoms with E-state index in [0.717, 1.165) is 12.2 Å². The molecule has 0 saturated heterocycles. The standard InChI is InChI=1S/C7H10NO5P/c8-6(10)3-5(14(13)4-9)1-2-7(11)12/h1-2,5,9H,3-4H2,(H2-,8,10,11,12)/p+1/b2-1-. The maximum absolute atomic E-state index is 11.1. The lowest BCUT2D eigenvalue weighted by molar-refractivity contribution is -0.131. The number of nitrogens with two attached hydrogens (primary N) is 1. The van der Waals surface area contributed by atoms with Crippen molar-refractivity contribution in [3.05, 3.63) is 12.2 Å². The molecule has 1 amide bonds. The van der Waals surface area contributed by atoms with Crippen LogP contribution < -0.4 is 5.73 Å². The number of hydrogen-bond donors (Lipinski definition) is 3. The molecule has 0 heterocycles. The molecule has 78 valence electrons. The van der Waals surface area contributed by atoms with Crippen LogP contribution in [0.2, 0.25) is 0 Å². The van der Waals surface area contributed by atoms with Crippen molar-refractivity contribution >= 4 is 19.7 Å². The third-order valence-corrected chi connectivity index (χ3v) is 2.75. The van der Waals surface area contributed by atoms with E-state index >= 15 is 0 Å². The van der Waals surface area contributed by atoms with E-state index in [9.17, 15) is 14.2 Å². The molecule has 0 aromatic heterocycles. The van der Waals surface area contributed by atoms with Crippen molar-refractivity contribution in [1.82, 2.24) is 0 Å². The Hall–Kier alpha value is -1.26. The summed E-state index contributed by atoms with van der Waals surface area (Å²) < 4.78 is 11.1. The Morgan fingerprint density at radius 1 is 1.50 bits per heavy atom. The maximum atomic E-state index is 11.1. The molecule has 4 N–H and O–H groups in total. The fraction of sp³-hybridized carbons (Fsp3) is 0.429. The van der Waals surface area contributed by atoms with Crippen molar-refractivity contribution in [1.29, 1.82) is 0 Å². The summed E-state index contributed by atoms with van der Waals surface area (Å²) in [6, 6.07) is 0. The SMILES string of the molecule is NC(=O)CC(/C=C\C(=O)O)[P+](=O)CO. The van der Waals surface area contributed by atoms with E-state index in [1.165, 1.54) is 0 Å². The van der Waals surface area contributed by atoms with Crippen LogP contribution >= 0.6 is 7.80 Å². The van der Waals surface area contributed by atoms with Gasteiger partial charge in [0, 0.05) is 6.08 Å². The molecule has 0 bridgehead atoms. The highest BCUT2D eigenvalue weighted by molar-refractivity contribution is 7.45. The zero-order valence-corrected chi connectivity index (χ0v) is 8.18. The van der Waals surface area contributed by atoms with Crippen LogP contribution in [0.3, 0.4) is 0 Å². The summed E-state index contributed by atoms with van der Waals surface area (Å²) in [6.07, 6.45) is 1.04. The Bertz CT molecular complexity index is 275. The highest BCUT2D eigenvalue weighted by Crippen LogP contribution is 2.29. The lowest BCUT2D eigenvalue weighted by Gasteiger charge is -1.96. The predicted octanol–water partition coefficient (Wildman–Crippen LogP) is -0.352. The molecule has 0 aliphatic carbocycles. The molecule has 14 heavy (non-hydrogen) atoms. The monoisotopic (exact) mass is 220 g/mol. The average Bonchev–Trinajstić information content (AvgIpc) is 2.10. The number of carbonyl (C=O) groups is 2. The second kappa shape index (κ2) is 6.23. The maximum Gasteiger partial charge on any atom is 0.374 e. The third-order valence-electron chi connectivity index (χ3n) is 1.38. The summed E-state index contributed by atoms with van der Waals surface area (Å²) in [7, 11) is -2.05. The molecular formula is C7H11NO5P+. The number of amides is 1. The largest absolute Gasteiger partial charge is 0.478 e. The molecule has 0 saturated carbocycles. The predicted molar refractivity (Wildman–Crippen MR) is 49.1 cm³/mol. The lowest BCUT2D eigenvalue weighted by atomic mass is 10.2. The number of carboxylic acid groups (broad SMARTS) is 1. The number of carbonyl (C=O) groups excluding carboxylic acids is 1. The minimum absolute atomic E-state index is 0.237. The minimum atomic E-state index is -2.05. The second-order valence-corrected chi connectivity index (χ2v) is 4.27. The number of rotatable bonds is 6. The first-order valence-electron chi connectivity index (χ1n) is 3.71. The van der Waals surface area contributed by atoms with Gasteiger partial charge in [-0.05, 0) is 6.08 Å². The molecule has 0 aromatic rings. The molecule has 2 unspecified atom stereocenters. The number of aliphatic hydroxyl groups is 1. The van der Waals surface area contributed by atoms with Gasteiger partial charge in [-0.3, -0.25) is 4.79 Å². The van der Waals surface area contributed by atoms with E-state index < -0.39 is 31.7 Å². The first-order valence-corrected chi connectivity index (χ1v) is 5.22. The summed E-state index contributed by atoms with van der Waals surface area (Å²) in [5.74, 6) is -1.90. The molecule has 0 aliphatic rings. The van der Waals surface area contributed by atoms with Crippen molar-refractivity contribution in [3.8, 4) is 0 Å². The molecule has 0 rings (SSSR count). The van der Waals surface area contributed by atoms with Gasteiger partial charge in [0.1, 0.15) is 0 Å². The van der Waals surface area contributed by atoms with Gasteiger partial charge >= 0.3 is 13.8 Å².